The van der Waals surface area contributed by atoms with Gasteiger partial charge in [-0.05, 0) is 110 Å². The monoisotopic (exact) mass is 414 g/mol. The normalized spacial score (nSPS) is 45.3. The summed E-state index contributed by atoms with van der Waals surface area (Å²) in [4.78, 5) is 0. The molecule has 0 aliphatic heterocycles. The van der Waals surface area contributed by atoms with E-state index in [9.17, 15) is 5.11 Å². The predicted molar refractivity (Wildman–Crippen MR) is 128 cm³/mol. The van der Waals surface area contributed by atoms with Crippen LogP contribution in [0.4, 0.5) is 0 Å². The number of rotatable bonds is 6. The third kappa shape index (κ3) is 3.74. The van der Waals surface area contributed by atoms with Crippen LogP contribution in [0, 0.1) is 52.3 Å². The Morgan fingerprint density at radius 1 is 1.00 bits per heavy atom. The van der Waals surface area contributed by atoms with Crippen LogP contribution in [0.5, 0.6) is 0 Å². The highest BCUT2D eigenvalue weighted by Gasteiger charge is 2.59. The third-order valence-electron chi connectivity index (χ3n) is 11.3. The summed E-state index contributed by atoms with van der Waals surface area (Å²) in [6.07, 6.45) is 17.1. The summed E-state index contributed by atoms with van der Waals surface area (Å²) in [6, 6.07) is 0. The molecule has 9 atom stereocenters. The van der Waals surface area contributed by atoms with Crippen molar-refractivity contribution in [1.82, 2.24) is 0 Å². The topological polar surface area (TPSA) is 20.2 Å². The molecule has 1 N–H and O–H groups in total. The molecular weight excluding hydrogens is 364 g/mol. The molecule has 0 amide bonds. The predicted octanol–water partition coefficient (Wildman–Crippen LogP) is 8.02. The SMILES string of the molecule is CCC(CC[C@@H](C)[C@@H]1CC[C@H]2[C@@H]3CC=C4C[C@@H](O)CC[C@]4(C)[C@H]3CC[C@@]21C)C(C)C. The highest BCUT2D eigenvalue weighted by atomic mass is 16.3. The van der Waals surface area contributed by atoms with Crippen LogP contribution >= 0.6 is 0 Å². The zero-order valence-electron chi connectivity index (χ0n) is 20.9. The molecule has 0 spiro atoms. The number of allylic oxidation sites excluding steroid dienone is 1. The summed E-state index contributed by atoms with van der Waals surface area (Å²) >= 11 is 0. The molecule has 3 fully saturated rings. The molecule has 0 bridgehead atoms. The largest absolute Gasteiger partial charge is 0.393 e. The van der Waals surface area contributed by atoms with Gasteiger partial charge in [0.15, 0.2) is 0 Å². The number of fused-ring (bicyclic) bond motifs is 5. The second-order valence-electron chi connectivity index (χ2n) is 12.9. The lowest BCUT2D eigenvalue weighted by molar-refractivity contribution is -0.0575. The molecule has 4 aliphatic carbocycles. The highest BCUT2D eigenvalue weighted by molar-refractivity contribution is 5.25. The Morgan fingerprint density at radius 3 is 2.47 bits per heavy atom. The Kier molecular flexibility index (Phi) is 6.53. The van der Waals surface area contributed by atoms with Crippen LogP contribution in [0.1, 0.15) is 112 Å². The summed E-state index contributed by atoms with van der Waals surface area (Å²) in [5.74, 6) is 6.31. The summed E-state index contributed by atoms with van der Waals surface area (Å²) in [7, 11) is 0. The molecule has 172 valence electrons. The van der Waals surface area contributed by atoms with E-state index in [0.29, 0.717) is 10.8 Å². The first-order chi connectivity index (χ1) is 14.2. The van der Waals surface area contributed by atoms with Gasteiger partial charge in [-0.3, -0.25) is 0 Å². The van der Waals surface area contributed by atoms with E-state index in [1.165, 1.54) is 57.8 Å². The minimum absolute atomic E-state index is 0.0794. The van der Waals surface area contributed by atoms with Gasteiger partial charge in [-0.2, -0.15) is 0 Å². The van der Waals surface area contributed by atoms with E-state index < -0.39 is 0 Å². The summed E-state index contributed by atoms with van der Waals surface area (Å²) in [6.45, 7) is 15.1. The lowest BCUT2D eigenvalue weighted by Gasteiger charge is -2.58. The molecule has 0 aromatic rings. The first-order valence-electron chi connectivity index (χ1n) is 13.6. The third-order valence-corrected chi connectivity index (χ3v) is 11.3. The van der Waals surface area contributed by atoms with Crippen molar-refractivity contribution < 1.29 is 5.11 Å². The van der Waals surface area contributed by atoms with Crippen molar-refractivity contribution in [2.75, 3.05) is 0 Å². The quantitative estimate of drug-likeness (QED) is 0.436. The van der Waals surface area contributed by atoms with Gasteiger partial charge in [0.1, 0.15) is 0 Å². The summed E-state index contributed by atoms with van der Waals surface area (Å²) < 4.78 is 0. The summed E-state index contributed by atoms with van der Waals surface area (Å²) in [5.41, 5.74) is 2.59. The van der Waals surface area contributed by atoms with Gasteiger partial charge in [0.2, 0.25) is 0 Å². The van der Waals surface area contributed by atoms with Crippen LogP contribution in [-0.2, 0) is 0 Å². The van der Waals surface area contributed by atoms with Crippen LogP contribution in [0.3, 0.4) is 0 Å². The molecule has 4 aliphatic rings. The molecule has 4 rings (SSSR count). The molecular formula is C29H50O. The fourth-order valence-corrected chi connectivity index (χ4v) is 9.30. The van der Waals surface area contributed by atoms with Crippen LogP contribution in [0.15, 0.2) is 11.6 Å². The van der Waals surface area contributed by atoms with Gasteiger partial charge >= 0.3 is 0 Å². The van der Waals surface area contributed by atoms with E-state index >= 15 is 0 Å². The van der Waals surface area contributed by atoms with Crippen molar-refractivity contribution in [2.45, 2.75) is 118 Å². The molecule has 0 aromatic carbocycles. The molecule has 1 unspecified atom stereocenters. The van der Waals surface area contributed by atoms with Crippen LogP contribution < -0.4 is 0 Å². The van der Waals surface area contributed by atoms with Gasteiger partial charge in [0.25, 0.3) is 0 Å². The van der Waals surface area contributed by atoms with Crippen molar-refractivity contribution in [2.24, 2.45) is 52.3 Å². The maximum absolute atomic E-state index is 10.2. The van der Waals surface area contributed by atoms with Crippen LogP contribution in [0.25, 0.3) is 0 Å². The Labute approximate surface area is 187 Å². The van der Waals surface area contributed by atoms with Crippen molar-refractivity contribution in [3.8, 4) is 0 Å². The van der Waals surface area contributed by atoms with Gasteiger partial charge < -0.3 is 5.11 Å². The Balaban J connectivity index is 1.47. The number of aliphatic hydroxyl groups is 1. The average Bonchev–Trinajstić information content (AvgIpc) is 3.06. The molecule has 30 heavy (non-hydrogen) atoms. The van der Waals surface area contributed by atoms with E-state index in [4.69, 9.17) is 0 Å². The first kappa shape index (κ1) is 22.9. The van der Waals surface area contributed by atoms with E-state index in [1.807, 2.05) is 0 Å². The van der Waals surface area contributed by atoms with Crippen LogP contribution in [0.2, 0.25) is 0 Å². The number of hydrogen-bond donors (Lipinski definition) is 1. The fourth-order valence-electron chi connectivity index (χ4n) is 9.30. The Morgan fingerprint density at radius 2 is 1.77 bits per heavy atom. The van der Waals surface area contributed by atoms with Crippen molar-refractivity contribution in [3.63, 3.8) is 0 Å². The minimum atomic E-state index is -0.0794. The number of hydrogen-bond acceptors (Lipinski definition) is 1. The van der Waals surface area contributed by atoms with E-state index in [-0.39, 0.29) is 6.10 Å². The summed E-state index contributed by atoms with van der Waals surface area (Å²) in [5, 5.41) is 10.2. The number of aliphatic hydroxyl groups excluding tert-OH is 1. The Hall–Kier alpha value is -0.300. The molecule has 1 nitrogen and oxygen atoms in total. The Bertz CT molecular complexity index is 634. The van der Waals surface area contributed by atoms with Gasteiger partial charge in [0.05, 0.1) is 6.10 Å². The zero-order chi connectivity index (χ0) is 21.7. The molecule has 0 radical (unpaired) electrons. The fraction of sp³-hybridized carbons (Fsp3) is 0.931. The zero-order valence-corrected chi connectivity index (χ0v) is 20.9. The molecule has 1 heteroatoms. The molecule has 0 aromatic heterocycles. The van der Waals surface area contributed by atoms with E-state index in [2.05, 4.69) is 47.6 Å². The lowest BCUT2D eigenvalue weighted by Crippen LogP contribution is -2.50. The minimum Gasteiger partial charge on any atom is -0.393 e. The standard InChI is InChI=1S/C29H50O/c1-7-21(19(2)3)9-8-20(4)25-12-13-26-24-11-10-22-18-23(30)14-16-28(22,5)27(24)15-17-29(25,26)6/h10,19-21,23-27,30H,7-9,11-18H2,1-6H3/t20-,21?,23+,24+,25+,26+,27+,28+,29-/m1/s1. The first-order valence-corrected chi connectivity index (χ1v) is 13.6. The lowest BCUT2D eigenvalue weighted by atomic mass is 9.47. The second kappa shape index (κ2) is 8.57. The van der Waals surface area contributed by atoms with E-state index in [1.54, 1.807) is 5.57 Å². The van der Waals surface area contributed by atoms with Crippen LogP contribution in [-0.4, -0.2) is 11.2 Å². The van der Waals surface area contributed by atoms with Gasteiger partial charge in [0, 0.05) is 0 Å². The maximum atomic E-state index is 10.2. The van der Waals surface area contributed by atoms with Crippen molar-refractivity contribution in [3.05, 3.63) is 11.6 Å². The average molecular weight is 415 g/mol. The smallest absolute Gasteiger partial charge is 0.0577 e. The highest BCUT2D eigenvalue weighted by Crippen LogP contribution is 2.67. The van der Waals surface area contributed by atoms with E-state index in [0.717, 1.165) is 54.3 Å². The van der Waals surface area contributed by atoms with Gasteiger partial charge in [-0.15, -0.1) is 0 Å². The second-order valence-corrected chi connectivity index (χ2v) is 12.9. The van der Waals surface area contributed by atoms with Crippen molar-refractivity contribution in [1.29, 1.82) is 0 Å². The molecule has 3 saturated carbocycles. The molecule has 0 saturated heterocycles. The molecule has 0 heterocycles. The van der Waals surface area contributed by atoms with Gasteiger partial charge in [-0.1, -0.05) is 66.0 Å². The van der Waals surface area contributed by atoms with Crippen molar-refractivity contribution >= 4 is 0 Å². The van der Waals surface area contributed by atoms with Gasteiger partial charge in [-0.25, -0.2) is 0 Å². The maximum Gasteiger partial charge on any atom is 0.0577 e.